The third kappa shape index (κ3) is 4.48. The predicted molar refractivity (Wildman–Crippen MR) is 90.7 cm³/mol. The van der Waals surface area contributed by atoms with Crippen LogP contribution >= 0.6 is 0 Å². The van der Waals surface area contributed by atoms with E-state index >= 15 is 0 Å². The average molecular weight is 298 g/mol. The molecular formula is C17H22N4O. The molecule has 0 radical (unpaired) electrons. The molecule has 1 aromatic carbocycles. The normalized spacial score (nSPS) is 10.4. The number of benzene rings is 1. The van der Waals surface area contributed by atoms with Crippen molar-refractivity contribution in [1.82, 2.24) is 10.3 Å². The van der Waals surface area contributed by atoms with Gasteiger partial charge >= 0.3 is 6.03 Å². The van der Waals surface area contributed by atoms with Crippen LogP contribution in [0.2, 0.25) is 0 Å². The Morgan fingerprint density at radius 2 is 1.77 bits per heavy atom. The number of pyridine rings is 1. The molecular weight excluding hydrogens is 276 g/mol. The fraction of sp³-hybridized carbons (Fsp3) is 0.294. The minimum atomic E-state index is -0.252. The van der Waals surface area contributed by atoms with Gasteiger partial charge in [0.1, 0.15) is 5.82 Å². The molecule has 0 spiro atoms. The zero-order chi connectivity index (χ0) is 16.1. The Labute approximate surface area is 131 Å². The number of carbonyl (C=O) groups excluding carboxylic acids is 1. The second-order valence-corrected chi connectivity index (χ2v) is 5.61. The largest absolute Gasteiger partial charge is 0.354 e. The van der Waals surface area contributed by atoms with Crippen molar-refractivity contribution in [2.75, 3.05) is 10.6 Å². The number of aryl methyl sites for hydroxylation is 2. The zero-order valence-electron chi connectivity index (χ0n) is 13.4. The highest BCUT2D eigenvalue weighted by atomic mass is 16.2. The molecule has 0 unspecified atom stereocenters. The van der Waals surface area contributed by atoms with Crippen molar-refractivity contribution in [3.05, 3.63) is 47.7 Å². The Balaban J connectivity index is 1.99. The molecule has 5 heteroatoms. The maximum Gasteiger partial charge on any atom is 0.320 e. The Morgan fingerprint density at radius 1 is 1.05 bits per heavy atom. The first kappa shape index (κ1) is 15.8. The topological polar surface area (TPSA) is 66.0 Å². The molecule has 0 aliphatic carbocycles. The standard InChI is InChI=1S/C17H22N4O/c1-11(2)19-17(22)21-16-8-7-15(10-18-16)20-14-6-5-12(3)13(4)9-14/h5-11,20H,1-4H3,(H2,18,19,21,22). The van der Waals surface area contributed by atoms with Crippen LogP contribution in [0.5, 0.6) is 0 Å². The van der Waals surface area contributed by atoms with Crippen LogP contribution in [0.4, 0.5) is 22.0 Å². The highest BCUT2D eigenvalue weighted by molar-refractivity contribution is 5.88. The predicted octanol–water partition coefficient (Wildman–Crippen LogP) is 3.97. The minimum absolute atomic E-state index is 0.0886. The van der Waals surface area contributed by atoms with Crippen LogP contribution < -0.4 is 16.0 Å². The number of hydrogen-bond acceptors (Lipinski definition) is 3. The molecule has 3 N–H and O–H groups in total. The number of aromatic nitrogens is 1. The molecule has 0 aliphatic rings. The number of amides is 2. The van der Waals surface area contributed by atoms with Crippen LogP contribution in [0.3, 0.4) is 0 Å². The van der Waals surface area contributed by atoms with Gasteiger partial charge in [0.25, 0.3) is 0 Å². The number of rotatable bonds is 4. The maximum absolute atomic E-state index is 11.6. The first-order chi connectivity index (χ1) is 10.4. The molecule has 2 amide bonds. The number of nitrogens with one attached hydrogen (secondary N) is 3. The molecule has 1 heterocycles. The first-order valence-electron chi connectivity index (χ1n) is 7.32. The first-order valence-corrected chi connectivity index (χ1v) is 7.32. The van der Waals surface area contributed by atoms with E-state index < -0.39 is 0 Å². The second kappa shape index (κ2) is 6.93. The van der Waals surface area contributed by atoms with Crippen LogP contribution in [0, 0.1) is 13.8 Å². The molecule has 0 saturated carbocycles. The fourth-order valence-corrected chi connectivity index (χ4v) is 1.94. The molecule has 2 rings (SSSR count). The zero-order valence-corrected chi connectivity index (χ0v) is 13.4. The minimum Gasteiger partial charge on any atom is -0.354 e. The summed E-state index contributed by atoms with van der Waals surface area (Å²) < 4.78 is 0. The summed E-state index contributed by atoms with van der Waals surface area (Å²) in [4.78, 5) is 15.8. The number of urea groups is 1. The van der Waals surface area contributed by atoms with E-state index in [4.69, 9.17) is 0 Å². The van der Waals surface area contributed by atoms with Gasteiger partial charge in [0.05, 0.1) is 11.9 Å². The van der Waals surface area contributed by atoms with Gasteiger partial charge in [-0.1, -0.05) is 6.07 Å². The molecule has 1 aromatic heterocycles. The number of carbonyl (C=O) groups is 1. The summed E-state index contributed by atoms with van der Waals surface area (Å²) in [6.07, 6.45) is 1.69. The molecule has 0 fully saturated rings. The van der Waals surface area contributed by atoms with Gasteiger partial charge in [-0.2, -0.15) is 0 Å². The summed E-state index contributed by atoms with van der Waals surface area (Å²) in [6.45, 7) is 7.98. The van der Waals surface area contributed by atoms with E-state index in [2.05, 4.69) is 46.9 Å². The van der Waals surface area contributed by atoms with Crippen molar-refractivity contribution in [1.29, 1.82) is 0 Å². The molecule has 22 heavy (non-hydrogen) atoms. The van der Waals surface area contributed by atoms with Crippen molar-refractivity contribution in [2.24, 2.45) is 0 Å². The second-order valence-electron chi connectivity index (χ2n) is 5.61. The summed E-state index contributed by atoms with van der Waals surface area (Å²) in [5, 5.41) is 8.74. The van der Waals surface area contributed by atoms with Crippen LogP contribution in [0.25, 0.3) is 0 Å². The summed E-state index contributed by atoms with van der Waals surface area (Å²) in [7, 11) is 0. The third-order valence-corrected chi connectivity index (χ3v) is 3.22. The number of nitrogens with zero attached hydrogens (tertiary/aromatic N) is 1. The fourth-order valence-electron chi connectivity index (χ4n) is 1.94. The van der Waals surface area contributed by atoms with Gasteiger partial charge in [0.15, 0.2) is 0 Å². The maximum atomic E-state index is 11.6. The van der Waals surface area contributed by atoms with Crippen molar-refractivity contribution in [3.63, 3.8) is 0 Å². The van der Waals surface area contributed by atoms with Crippen LogP contribution in [-0.4, -0.2) is 17.1 Å². The molecule has 0 bridgehead atoms. The Bertz CT molecular complexity index is 650. The molecule has 116 valence electrons. The number of anilines is 3. The lowest BCUT2D eigenvalue weighted by molar-refractivity contribution is 0.250. The van der Waals surface area contributed by atoms with Gasteiger partial charge in [-0.15, -0.1) is 0 Å². The molecule has 0 atom stereocenters. The van der Waals surface area contributed by atoms with Gasteiger partial charge in [-0.25, -0.2) is 9.78 Å². The van der Waals surface area contributed by atoms with Crippen molar-refractivity contribution >= 4 is 23.2 Å². The summed E-state index contributed by atoms with van der Waals surface area (Å²) in [5.41, 5.74) is 4.39. The molecule has 0 saturated heterocycles. The Hall–Kier alpha value is -2.56. The van der Waals surface area contributed by atoms with Crippen molar-refractivity contribution < 1.29 is 4.79 Å². The lowest BCUT2D eigenvalue weighted by Gasteiger charge is -2.11. The van der Waals surface area contributed by atoms with Crippen molar-refractivity contribution in [2.45, 2.75) is 33.7 Å². The van der Waals surface area contributed by atoms with Crippen molar-refractivity contribution in [3.8, 4) is 0 Å². The lowest BCUT2D eigenvalue weighted by Crippen LogP contribution is -2.34. The smallest absolute Gasteiger partial charge is 0.320 e. The quantitative estimate of drug-likeness (QED) is 0.800. The van der Waals surface area contributed by atoms with Gasteiger partial charge in [0.2, 0.25) is 0 Å². The van der Waals surface area contributed by atoms with E-state index in [1.165, 1.54) is 11.1 Å². The monoisotopic (exact) mass is 298 g/mol. The van der Waals surface area contributed by atoms with Crippen LogP contribution in [0.15, 0.2) is 36.5 Å². The van der Waals surface area contributed by atoms with E-state index in [0.717, 1.165) is 11.4 Å². The Kier molecular flexibility index (Phi) is 4.99. The van der Waals surface area contributed by atoms with Crippen LogP contribution in [-0.2, 0) is 0 Å². The summed E-state index contributed by atoms with van der Waals surface area (Å²) in [6, 6.07) is 9.69. The van der Waals surface area contributed by atoms with E-state index in [-0.39, 0.29) is 12.1 Å². The summed E-state index contributed by atoms with van der Waals surface area (Å²) >= 11 is 0. The molecule has 2 aromatic rings. The lowest BCUT2D eigenvalue weighted by atomic mass is 10.1. The van der Waals surface area contributed by atoms with Gasteiger partial charge in [-0.05, 0) is 63.1 Å². The van der Waals surface area contributed by atoms with E-state index in [0.29, 0.717) is 5.82 Å². The van der Waals surface area contributed by atoms with Gasteiger partial charge < -0.3 is 10.6 Å². The SMILES string of the molecule is Cc1ccc(Nc2ccc(NC(=O)NC(C)C)nc2)cc1C. The van der Waals surface area contributed by atoms with Gasteiger partial charge in [-0.3, -0.25) is 5.32 Å². The van der Waals surface area contributed by atoms with E-state index in [1.807, 2.05) is 26.0 Å². The highest BCUT2D eigenvalue weighted by Crippen LogP contribution is 2.19. The molecule has 0 aliphatic heterocycles. The highest BCUT2D eigenvalue weighted by Gasteiger charge is 2.04. The number of hydrogen-bond donors (Lipinski definition) is 3. The average Bonchev–Trinajstić information content (AvgIpc) is 2.44. The third-order valence-electron chi connectivity index (χ3n) is 3.22. The van der Waals surface area contributed by atoms with Gasteiger partial charge in [0, 0.05) is 11.7 Å². The van der Waals surface area contributed by atoms with Crippen LogP contribution in [0.1, 0.15) is 25.0 Å². The van der Waals surface area contributed by atoms with E-state index in [1.54, 1.807) is 12.3 Å². The van der Waals surface area contributed by atoms with E-state index in [9.17, 15) is 4.79 Å². The Morgan fingerprint density at radius 3 is 2.36 bits per heavy atom. The molecule has 5 nitrogen and oxygen atoms in total. The summed E-state index contributed by atoms with van der Waals surface area (Å²) in [5.74, 6) is 0.517.